The number of hydrogen-bond donors (Lipinski definition) is 1. The number of carbonyl (C=O) groups is 1. The summed E-state index contributed by atoms with van der Waals surface area (Å²) >= 11 is 1.60. The Labute approximate surface area is 136 Å². The summed E-state index contributed by atoms with van der Waals surface area (Å²) in [4.78, 5) is 17.8. The van der Waals surface area contributed by atoms with Crippen molar-refractivity contribution in [1.82, 2.24) is 9.80 Å². The smallest absolute Gasteiger partial charge is 0.226 e. The number of amides is 1. The van der Waals surface area contributed by atoms with Crippen LogP contribution < -0.4 is 0 Å². The lowest BCUT2D eigenvalue weighted by molar-refractivity contribution is -0.137. The van der Waals surface area contributed by atoms with Crippen molar-refractivity contribution in [2.75, 3.05) is 32.7 Å². The van der Waals surface area contributed by atoms with Crippen molar-refractivity contribution in [2.45, 2.75) is 25.4 Å². The fraction of sp³-hybridized carbons (Fsp3) is 0.588. The second-order valence-corrected chi connectivity index (χ2v) is 7.12. The molecule has 0 radical (unpaired) electrons. The zero-order valence-electron chi connectivity index (χ0n) is 12.9. The van der Waals surface area contributed by atoms with Crippen LogP contribution >= 0.6 is 11.3 Å². The first-order valence-corrected chi connectivity index (χ1v) is 8.99. The summed E-state index contributed by atoms with van der Waals surface area (Å²) in [6, 6.07) is 3.95. The molecule has 1 N–H and O–H groups in total. The summed E-state index contributed by atoms with van der Waals surface area (Å²) < 4.78 is 0. The Bertz CT molecular complexity index is 507. The van der Waals surface area contributed by atoms with Gasteiger partial charge in [-0.2, -0.15) is 0 Å². The number of aliphatic hydroxyl groups excluding tert-OH is 1. The minimum atomic E-state index is -0.411. The molecule has 0 saturated carbocycles. The number of carbonyl (C=O) groups excluding carboxylic acids is 1. The van der Waals surface area contributed by atoms with E-state index in [1.807, 2.05) is 22.4 Å². The van der Waals surface area contributed by atoms with Crippen molar-refractivity contribution in [3.05, 3.63) is 34.5 Å². The molecular formula is C17H24N2O2S. The number of hydrogen-bond acceptors (Lipinski definition) is 4. The van der Waals surface area contributed by atoms with Crippen molar-refractivity contribution in [3.8, 4) is 0 Å². The first-order chi connectivity index (χ1) is 10.7. The molecule has 2 heterocycles. The van der Waals surface area contributed by atoms with E-state index in [1.54, 1.807) is 11.3 Å². The van der Waals surface area contributed by atoms with Crippen LogP contribution in [0.1, 0.15) is 30.2 Å². The Hall–Kier alpha value is -1.17. The van der Waals surface area contributed by atoms with Crippen LogP contribution in [-0.2, 0) is 4.79 Å². The van der Waals surface area contributed by atoms with Crippen molar-refractivity contribution < 1.29 is 9.90 Å². The molecule has 0 bridgehead atoms. The van der Waals surface area contributed by atoms with Gasteiger partial charge in [-0.25, -0.2) is 0 Å². The van der Waals surface area contributed by atoms with Gasteiger partial charge in [-0.05, 0) is 30.7 Å². The molecule has 1 aliphatic heterocycles. The standard InChI is InChI=1S/C17H24N2O2S/c20-15(16-7-4-12-22-16)13-18-8-10-19(11-9-18)17(21)14-5-2-1-3-6-14/h1-2,4,7,12,14-15,20H,3,5-6,8-11,13H2/t14-,15-/m0/s1. The molecule has 22 heavy (non-hydrogen) atoms. The van der Waals surface area contributed by atoms with Crippen LogP contribution in [0.3, 0.4) is 0 Å². The van der Waals surface area contributed by atoms with E-state index in [9.17, 15) is 9.90 Å². The quantitative estimate of drug-likeness (QED) is 0.866. The van der Waals surface area contributed by atoms with Gasteiger partial charge in [-0.15, -0.1) is 11.3 Å². The molecule has 120 valence electrons. The van der Waals surface area contributed by atoms with Crippen LogP contribution in [0.4, 0.5) is 0 Å². The van der Waals surface area contributed by atoms with E-state index < -0.39 is 6.10 Å². The molecule has 1 saturated heterocycles. The summed E-state index contributed by atoms with van der Waals surface area (Å²) in [6.07, 6.45) is 6.82. The number of thiophene rings is 1. The van der Waals surface area contributed by atoms with Crippen LogP contribution in [0.2, 0.25) is 0 Å². The van der Waals surface area contributed by atoms with Gasteiger partial charge >= 0.3 is 0 Å². The minimum Gasteiger partial charge on any atom is -0.386 e. The molecule has 2 atom stereocenters. The molecule has 1 aromatic heterocycles. The molecule has 1 amide bonds. The molecule has 0 aromatic carbocycles. The molecule has 1 fully saturated rings. The topological polar surface area (TPSA) is 43.8 Å². The third-order valence-corrected chi connectivity index (χ3v) is 5.58. The Balaban J connectivity index is 1.46. The zero-order valence-corrected chi connectivity index (χ0v) is 13.7. The van der Waals surface area contributed by atoms with Crippen molar-refractivity contribution in [3.63, 3.8) is 0 Å². The summed E-state index contributed by atoms with van der Waals surface area (Å²) in [5.41, 5.74) is 0. The monoisotopic (exact) mass is 320 g/mol. The fourth-order valence-electron chi connectivity index (χ4n) is 3.24. The van der Waals surface area contributed by atoms with Gasteiger partial charge in [-0.1, -0.05) is 18.2 Å². The van der Waals surface area contributed by atoms with E-state index in [-0.39, 0.29) is 5.92 Å². The molecule has 0 unspecified atom stereocenters. The summed E-state index contributed by atoms with van der Waals surface area (Å²) in [6.45, 7) is 3.95. The number of aliphatic hydroxyl groups is 1. The van der Waals surface area contributed by atoms with E-state index in [4.69, 9.17) is 0 Å². The predicted molar refractivity (Wildman–Crippen MR) is 88.8 cm³/mol. The lowest BCUT2D eigenvalue weighted by Gasteiger charge is -2.37. The first-order valence-electron chi connectivity index (χ1n) is 8.11. The highest BCUT2D eigenvalue weighted by molar-refractivity contribution is 7.10. The van der Waals surface area contributed by atoms with Gasteiger partial charge in [0, 0.05) is 43.5 Å². The predicted octanol–water partition coefficient (Wildman–Crippen LogP) is 2.28. The average Bonchev–Trinajstić information content (AvgIpc) is 3.10. The maximum absolute atomic E-state index is 12.5. The highest BCUT2D eigenvalue weighted by atomic mass is 32.1. The molecule has 5 heteroatoms. The van der Waals surface area contributed by atoms with E-state index in [0.717, 1.165) is 50.3 Å². The Kier molecular flexibility index (Phi) is 5.28. The number of rotatable bonds is 4. The molecule has 4 nitrogen and oxygen atoms in total. The van der Waals surface area contributed by atoms with Gasteiger partial charge < -0.3 is 10.0 Å². The van der Waals surface area contributed by atoms with E-state index in [2.05, 4.69) is 17.1 Å². The second kappa shape index (κ2) is 7.40. The molecule has 1 aromatic rings. The normalized spacial score (nSPS) is 24.4. The number of piperazine rings is 1. The lowest BCUT2D eigenvalue weighted by atomic mass is 9.93. The van der Waals surface area contributed by atoms with Crippen molar-refractivity contribution >= 4 is 17.2 Å². The summed E-state index contributed by atoms with van der Waals surface area (Å²) in [5.74, 6) is 0.510. The van der Waals surface area contributed by atoms with Gasteiger partial charge in [0.15, 0.2) is 0 Å². The molecule has 3 rings (SSSR count). The van der Waals surface area contributed by atoms with Crippen LogP contribution in [0.5, 0.6) is 0 Å². The zero-order chi connectivity index (χ0) is 15.4. The number of nitrogens with zero attached hydrogens (tertiary/aromatic N) is 2. The van der Waals surface area contributed by atoms with E-state index >= 15 is 0 Å². The summed E-state index contributed by atoms with van der Waals surface area (Å²) in [5, 5.41) is 12.2. The Morgan fingerprint density at radius 1 is 1.32 bits per heavy atom. The van der Waals surface area contributed by atoms with Gasteiger partial charge in [0.1, 0.15) is 6.10 Å². The highest BCUT2D eigenvalue weighted by Crippen LogP contribution is 2.23. The van der Waals surface area contributed by atoms with Crippen LogP contribution in [-0.4, -0.2) is 53.5 Å². The van der Waals surface area contributed by atoms with Crippen LogP contribution in [0.15, 0.2) is 29.7 Å². The van der Waals surface area contributed by atoms with Crippen molar-refractivity contribution in [2.24, 2.45) is 5.92 Å². The SMILES string of the molecule is O=C([C@H]1CC=CCC1)N1CCN(C[C@H](O)c2cccs2)CC1. The molecule has 2 aliphatic rings. The maximum atomic E-state index is 12.5. The van der Waals surface area contributed by atoms with E-state index in [1.165, 1.54) is 0 Å². The molecule has 1 aliphatic carbocycles. The number of allylic oxidation sites excluding steroid dienone is 2. The lowest BCUT2D eigenvalue weighted by Crippen LogP contribution is -2.51. The van der Waals surface area contributed by atoms with Gasteiger partial charge in [0.25, 0.3) is 0 Å². The Morgan fingerprint density at radius 3 is 2.77 bits per heavy atom. The maximum Gasteiger partial charge on any atom is 0.226 e. The fourth-order valence-corrected chi connectivity index (χ4v) is 3.95. The highest BCUT2D eigenvalue weighted by Gasteiger charge is 2.28. The second-order valence-electron chi connectivity index (χ2n) is 6.14. The van der Waals surface area contributed by atoms with Gasteiger partial charge in [0.05, 0.1) is 0 Å². The number of β-amino-alcohol motifs (C(OH)–C–C–N with tert-alkyl or cyclic N) is 1. The first kappa shape index (κ1) is 15.7. The third kappa shape index (κ3) is 3.77. The van der Waals surface area contributed by atoms with Crippen molar-refractivity contribution in [1.29, 1.82) is 0 Å². The Morgan fingerprint density at radius 2 is 2.14 bits per heavy atom. The average molecular weight is 320 g/mol. The van der Waals surface area contributed by atoms with E-state index in [0.29, 0.717) is 12.5 Å². The third-order valence-electron chi connectivity index (χ3n) is 4.61. The van der Waals surface area contributed by atoms with Crippen LogP contribution in [0, 0.1) is 5.92 Å². The van der Waals surface area contributed by atoms with Crippen LogP contribution in [0.25, 0.3) is 0 Å². The minimum absolute atomic E-state index is 0.188. The molecular weight excluding hydrogens is 296 g/mol. The molecule has 0 spiro atoms. The van der Waals surface area contributed by atoms with Gasteiger partial charge in [0.2, 0.25) is 5.91 Å². The summed E-state index contributed by atoms with van der Waals surface area (Å²) in [7, 11) is 0. The van der Waals surface area contributed by atoms with Gasteiger partial charge in [-0.3, -0.25) is 9.69 Å². The largest absolute Gasteiger partial charge is 0.386 e.